The molecule has 4 fully saturated rings. The zero-order valence-electron chi connectivity index (χ0n) is 22.4. The molecule has 0 saturated carbocycles. The molecule has 4 atom stereocenters. The molecule has 2 bridgehead atoms. The number of ether oxygens (including phenoxy) is 2. The average Bonchev–Trinajstić information content (AvgIpc) is 3.47. The van der Waals surface area contributed by atoms with E-state index in [0.29, 0.717) is 43.2 Å². The quantitative estimate of drug-likeness (QED) is 0.274. The summed E-state index contributed by atoms with van der Waals surface area (Å²) >= 11 is 12.6. The van der Waals surface area contributed by atoms with E-state index in [9.17, 15) is 9.18 Å². The van der Waals surface area contributed by atoms with Crippen molar-refractivity contribution in [1.29, 1.82) is 0 Å². The van der Waals surface area contributed by atoms with Crippen molar-refractivity contribution in [2.24, 2.45) is 0 Å². The van der Waals surface area contributed by atoms with Crippen molar-refractivity contribution in [1.82, 2.24) is 19.8 Å². The lowest BCUT2D eigenvalue weighted by Crippen LogP contribution is -2.57. The van der Waals surface area contributed by atoms with Gasteiger partial charge in [0, 0.05) is 35.0 Å². The predicted octanol–water partition coefficient (Wildman–Crippen LogP) is 6.19. The fraction of sp³-hybridized carbons (Fsp3) is 0.667. The van der Waals surface area contributed by atoms with Crippen molar-refractivity contribution in [3.05, 3.63) is 19.1 Å². The largest absolute Gasteiger partial charge is 0.461 e. The van der Waals surface area contributed by atoms with Crippen molar-refractivity contribution in [2.45, 2.75) is 82.3 Å². The smallest absolute Gasteiger partial charge is 0.410 e. The van der Waals surface area contributed by atoms with Gasteiger partial charge >= 0.3 is 12.1 Å². The summed E-state index contributed by atoms with van der Waals surface area (Å²) in [4.78, 5) is 29.0. The van der Waals surface area contributed by atoms with E-state index < -0.39 is 11.8 Å². The molecule has 4 aliphatic heterocycles. The molecule has 2 unspecified atom stereocenters. The second-order valence-corrected chi connectivity index (χ2v) is 14.6. The van der Waals surface area contributed by atoms with Crippen LogP contribution in [0.4, 0.5) is 15.0 Å². The molecule has 0 radical (unpaired) electrons. The zero-order valence-corrected chi connectivity index (χ0v) is 26.9. The van der Waals surface area contributed by atoms with E-state index in [0.717, 1.165) is 51.5 Å². The zero-order chi connectivity index (χ0) is 27.7. The van der Waals surface area contributed by atoms with Crippen molar-refractivity contribution in [3.8, 4) is 6.01 Å². The third kappa shape index (κ3) is 5.18. The molecule has 1 aromatic heterocycles. The Balaban J connectivity index is 1.32. The molecule has 39 heavy (non-hydrogen) atoms. The van der Waals surface area contributed by atoms with Crippen LogP contribution in [0.5, 0.6) is 6.01 Å². The number of aromatic nitrogens is 2. The second-order valence-electron chi connectivity index (χ2n) is 12.3. The van der Waals surface area contributed by atoms with Gasteiger partial charge < -0.3 is 14.4 Å². The van der Waals surface area contributed by atoms with Gasteiger partial charge in [0.05, 0.1) is 32.6 Å². The number of amides is 1. The van der Waals surface area contributed by atoms with Gasteiger partial charge in [0.25, 0.3) is 0 Å². The summed E-state index contributed by atoms with van der Waals surface area (Å²) in [5, 5.41) is 1.35. The first-order chi connectivity index (χ1) is 18.4. The fourth-order valence-electron chi connectivity index (χ4n) is 6.78. The van der Waals surface area contributed by atoms with E-state index in [1.165, 1.54) is 0 Å². The molecule has 212 valence electrons. The summed E-state index contributed by atoms with van der Waals surface area (Å²) < 4.78 is 28.1. The van der Waals surface area contributed by atoms with Crippen LogP contribution in [0.3, 0.4) is 0 Å². The molecule has 2 aromatic rings. The number of halogens is 4. The van der Waals surface area contributed by atoms with E-state index in [1.54, 1.807) is 0 Å². The molecule has 0 aliphatic carbocycles. The van der Waals surface area contributed by atoms with Crippen LogP contribution in [0.25, 0.3) is 10.9 Å². The highest BCUT2D eigenvalue weighted by molar-refractivity contribution is 14.1. The number of alkyl halides is 1. The standard InChI is InChI=1S/C27H33BrClFIN5O3/c1-26(2,3)39-25(37)36-16-5-6-17(36)13-34(12-16)23-18-9-19(31)20(28)21(29)22(18)32-24(33-23)38-14-27-7-4-8-35(27)11-15(30)10-27/h9,15-17H,4-8,10-14H2,1-3H3/t15-,16?,17?,27+/m1/s1. The number of hydrogen-bond donors (Lipinski definition) is 0. The lowest BCUT2D eigenvalue weighted by molar-refractivity contribution is 0.0122. The monoisotopic (exact) mass is 735 g/mol. The van der Waals surface area contributed by atoms with Gasteiger partial charge in [0.1, 0.15) is 24.2 Å². The molecule has 0 N–H and O–H groups in total. The molecule has 4 aliphatic rings. The Morgan fingerprint density at radius 2 is 1.97 bits per heavy atom. The minimum atomic E-state index is -0.828. The van der Waals surface area contributed by atoms with Gasteiger partial charge in [-0.3, -0.25) is 9.80 Å². The van der Waals surface area contributed by atoms with E-state index in [1.807, 2.05) is 31.7 Å². The van der Waals surface area contributed by atoms with Gasteiger partial charge in [0.2, 0.25) is 0 Å². The fourth-order valence-corrected chi connectivity index (χ4v) is 8.07. The summed E-state index contributed by atoms with van der Waals surface area (Å²) in [6.45, 7) is 8.66. The number of carbonyl (C=O) groups excluding carboxylic acids is 1. The third-order valence-corrected chi connectivity index (χ3v) is 11.4. The van der Waals surface area contributed by atoms with Gasteiger partial charge in [-0.1, -0.05) is 11.6 Å². The Labute approximate surface area is 255 Å². The van der Waals surface area contributed by atoms with Crippen molar-refractivity contribution in [2.75, 3.05) is 37.7 Å². The Morgan fingerprint density at radius 1 is 1.26 bits per heavy atom. The van der Waals surface area contributed by atoms with Crippen LogP contribution >= 0.6 is 50.1 Å². The van der Waals surface area contributed by atoms with Crippen LogP contribution in [-0.2, 0) is 4.74 Å². The summed E-state index contributed by atoms with van der Waals surface area (Å²) in [5.41, 5.74) is -0.229. The summed E-state index contributed by atoms with van der Waals surface area (Å²) in [6, 6.07) is 2.35. The lowest BCUT2D eigenvalue weighted by Gasteiger charge is -2.42. The SMILES string of the molecule is CC(C)(C)OC(=O)N1C2CCC1CN(c1nc(OC[C@@]34CCCN3C[C@H](F)C4)nc3c(Cl)c(Br)c(I)cc13)C2. The topological polar surface area (TPSA) is 71.0 Å². The van der Waals surface area contributed by atoms with Gasteiger partial charge in [0.15, 0.2) is 0 Å². The molecule has 0 spiro atoms. The Morgan fingerprint density at radius 3 is 2.67 bits per heavy atom. The molecule has 4 saturated heterocycles. The van der Waals surface area contributed by atoms with Gasteiger partial charge in [-0.25, -0.2) is 9.18 Å². The normalized spacial score (nSPS) is 28.8. The number of benzene rings is 1. The molecule has 1 aromatic carbocycles. The molecular formula is C27H33BrClFIN5O3. The number of nitrogens with zero attached hydrogens (tertiary/aromatic N) is 5. The van der Waals surface area contributed by atoms with Crippen LogP contribution in [-0.4, -0.2) is 88.0 Å². The molecule has 6 rings (SSSR count). The number of rotatable bonds is 4. The second kappa shape index (κ2) is 10.3. The van der Waals surface area contributed by atoms with Crippen LogP contribution in [0.1, 0.15) is 52.9 Å². The number of piperazine rings is 1. The number of carbonyl (C=O) groups is 1. The lowest BCUT2D eigenvalue weighted by atomic mass is 9.95. The predicted molar refractivity (Wildman–Crippen MR) is 161 cm³/mol. The number of hydrogen-bond acceptors (Lipinski definition) is 7. The molecule has 1 amide bonds. The van der Waals surface area contributed by atoms with Crippen molar-refractivity contribution in [3.63, 3.8) is 0 Å². The highest BCUT2D eigenvalue weighted by atomic mass is 127. The van der Waals surface area contributed by atoms with Crippen LogP contribution in [0.15, 0.2) is 10.5 Å². The van der Waals surface area contributed by atoms with Crippen LogP contribution in [0, 0.1) is 3.57 Å². The van der Waals surface area contributed by atoms with Gasteiger partial charge in [-0.05, 0) is 97.6 Å². The molecular weight excluding hydrogens is 704 g/mol. The van der Waals surface area contributed by atoms with Gasteiger partial charge in [-0.2, -0.15) is 9.97 Å². The summed E-state index contributed by atoms with van der Waals surface area (Å²) in [5.74, 6) is 0.749. The Bertz CT molecular complexity index is 1300. The highest BCUT2D eigenvalue weighted by Crippen LogP contribution is 2.43. The summed E-state index contributed by atoms with van der Waals surface area (Å²) in [6.07, 6.45) is 3.19. The number of anilines is 1. The van der Waals surface area contributed by atoms with Crippen molar-refractivity contribution >= 4 is 72.9 Å². The maximum absolute atomic E-state index is 14.3. The average molecular weight is 737 g/mol. The first-order valence-electron chi connectivity index (χ1n) is 13.6. The Hall–Kier alpha value is -1.18. The first-order valence-corrected chi connectivity index (χ1v) is 15.8. The minimum Gasteiger partial charge on any atom is -0.461 e. The molecule has 12 heteroatoms. The van der Waals surface area contributed by atoms with E-state index in [2.05, 4.69) is 48.3 Å². The van der Waals surface area contributed by atoms with Gasteiger partial charge in [-0.15, -0.1) is 0 Å². The number of fused-ring (bicyclic) bond motifs is 4. The maximum atomic E-state index is 14.3. The minimum absolute atomic E-state index is 0.0314. The van der Waals surface area contributed by atoms with Crippen LogP contribution < -0.4 is 9.64 Å². The molecule has 8 nitrogen and oxygen atoms in total. The van der Waals surface area contributed by atoms with E-state index in [4.69, 9.17) is 31.0 Å². The van der Waals surface area contributed by atoms with Crippen molar-refractivity contribution < 1.29 is 18.7 Å². The van der Waals surface area contributed by atoms with Crippen LogP contribution in [0.2, 0.25) is 5.02 Å². The van der Waals surface area contributed by atoms with E-state index in [-0.39, 0.29) is 29.7 Å². The first kappa shape index (κ1) is 28.0. The maximum Gasteiger partial charge on any atom is 0.410 e. The highest BCUT2D eigenvalue weighted by Gasteiger charge is 2.49. The third-order valence-electron chi connectivity index (χ3n) is 8.40. The summed E-state index contributed by atoms with van der Waals surface area (Å²) in [7, 11) is 0. The molecule has 5 heterocycles. The van der Waals surface area contributed by atoms with E-state index >= 15 is 0 Å². The Kier molecular flexibility index (Phi) is 7.36.